The monoisotopic (exact) mass is 711 g/mol. The number of hydrogen-bond donors (Lipinski definition) is 1. The van der Waals surface area contributed by atoms with E-state index < -0.39 is 0 Å². The van der Waals surface area contributed by atoms with Crippen molar-refractivity contribution in [3.8, 4) is 28.7 Å². The first kappa shape index (κ1) is 36.4. The number of fused-ring (bicyclic) bond motifs is 1. The molecule has 6 rings (SSSR count). The third-order valence-corrected chi connectivity index (χ3v) is 9.92. The number of nitrogens with zero attached hydrogens (tertiary/aromatic N) is 4. The smallest absolute Gasteiger partial charge is 0.253 e. The third kappa shape index (κ3) is 8.07. The van der Waals surface area contributed by atoms with E-state index in [1.807, 2.05) is 31.3 Å². The Kier molecular flexibility index (Phi) is 11.8. The zero-order valence-corrected chi connectivity index (χ0v) is 30.9. The zero-order chi connectivity index (χ0) is 36.6. The van der Waals surface area contributed by atoms with Gasteiger partial charge in [0.05, 0.1) is 65.7 Å². The number of imidazole rings is 1. The van der Waals surface area contributed by atoms with Gasteiger partial charge in [-0.25, -0.2) is 4.98 Å². The van der Waals surface area contributed by atoms with E-state index in [0.29, 0.717) is 53.4 Å². The highest BCUT2D eigenvalue weighted by Crippen LogP contribution is 2.39. The van der Waals surface area contributed by atoms with Crippen LogP contribution in [0.1, 0.15) is 46.7 Å². The molecule has 3 aromatic carbocycles. The minimum atomic E-state index is -0.143. The van der Waals surface area contributed by atoms with Crippen LogP contribution in [0.4, 0.5) is 5.95 Å². The van der Waals surface area contributed by atoms with E-state index in [0.717, 1.165) is 67.0 Å². The maximum absolute atomic E-state index is 13.8. The van der Waals surface area contributed by atoms with Gasteiger partial charge >= 0.3 is 0 Å². The Morgan fingerprint density at radius 3 is 2.27 bits per heavy atom. The number of furan rings is 1. The van der Waals surface area contributed by atoms with Crippen LogP contribution in [0.5, 0.6) is 28.7 Å². The highest BCUT2D eigenvalue weighted by molar-refractivity contribution is 5.95. The highest BCUT2D eigenvalue weighted by atomic mass is 16.5. The van der Waals surface area contributed by atoms with Crippen LogP contribution >= 0.6 is 0 Å². The van der Waals surface area contributed by atoms with Crippen LogP contribution in [-0.4, -0.2) is 100 Å². The summed E-state index contributed by atoms with van der Waals surface area (Å²) >= 11 is 0. The Labute approximate surface area is 305 Å². The highest BCUT2D eigenvalue weighted by Gasteiger charge is 2.26. The number of amides is 1. The maximum Gasteiger partial charge on any atom is 0.253 e. The van der Waals surface area contributed by atoms with Crippen molar-refractivity contribution >= 4 is 22.9 Å². The van der Waals surface area contributed by atoms with Gasteiger partial charge in [0, 0.05) is 49.8 Å². The molecule has 0 aliphatic carbocycles. The standard InChI is InChI=1S/C40H49N5O7/c1-43(39(46)30-22-36(49-4)38(51-6)37(23-30)50-5)25-29(28-11-12-34(47-2)35(21-28)48-3)13-17-44-18-14-31(15-19-44)41-40-42-32-9-7-8-10-33(32)45(40)24-27-16-20-52-26-27/h7-12,16,20-23,26,29,31H,13-15,17-19,24-25H2,1-6H3,(H,41,42). The quantitative estimate of drug-likeness (QED) is 0.121. The fraction of sp³-hybridized carbons (Fsp3) is 0.400. The number of rotatable bonds is 16. The lowest BCUT2D eigenvalue weighted by molar-refractivity contribution is 0.0781. The summed E-state index contributed by atoms with van der Waals surface area (Å²) < 4.78 is 35.2. The summed E-state index contributed by atoms with van der Waals surface area (Å²) in [6.45, 7) is 3.98. The van der Waals surface area contributed by atoms with E-state index in [4.69, 9.17) is 33.1 Å². The van der Waals surface area contributed by atoms with Crippen LogP contribution in [-0.2, 0) is 6.54 Å². The second-order valence-electron chi connectivity index (χ2n) is 13.1. The lowest BCUT2D eigenvalue weighted by Gasteiger charge is -2.34. The molecule has 0 radical (unpaired) electrons. The second kappa shape index (κ2) is 16.8. The summed E-state index contributed by atoms with van der Waals surface area (Å²) in [5.41, 5.74) is 4.70. The first-order chi connectivity index (χ1) is 25.3. The number of nitrogens with one attached hydrogen (secondary N) is 1. The van der Waals surface area contributed by atoms with Crippen molar-refractivity contribution in [3.63, 3.8) is 0 Å². The number of benzene rings is 3. The Balaban J connectivity index is 1.13. The molecule has 0 bridgehead atoms. The maximum atomic E-state index is 13.8. The number of methoxy groups -OCH3 is 5. The summed E-state index contributed by atoms with van der Waals surface area (Å²) in [5, 5.41) is 3.76. The molecule has 12 heteroatoms. The Morgan fingerprint density at radius 1 is 0.904 bits per heavy atom. The average molecular weight is 712 g/mol. The fourth-order valence-electron chi connectivity index (χ4n) is 7.04. The van der Waals surface area contributed by atoms with Crippen LogP contribution < -0.4 is 29.0 Å². The molecule has 3 heterocycles. The molecular weight excluding hydrogens is 662 g/mol. The summed E-state index contributed by atoms with van der Waals surface area (Å²) in [6.07, 6.45) is 6.33. The van der Waals surface area contributed by atoms with Gasteiger partial charge in [0.1, 0.15) is 0 Å². The number of carbonyl (C=O) groups excluding carboxylic acids is 1. The van der Waals surface area contributed by atoms with E-state index >= 15 is 0 Å². The van der Waals surface area contributed by atoms with E-state index in [9.17, 15) is 4.79 Å². The van der Waals surface area contributed by atoms with Gasteiger partial charge in [0.15, 0.2) is 23.0 Å². The van der Waals surface area contributed by atoms with Gasteiger partial charge in [-0.2, -0.15) is 0 Å². The van der Waals surface area contributed by atoms with E-state index in [1.165, 1.54) is 0 Å². The van der Waals surface area contributed by atoms with Crippen LogP contribution in [0.15, 0.2) is 77.6 Å². The molecule has 1 unspecified atom stereocenters. The number of anilines is 1. The van der Waals surface area contributed by atoms with Crippen molar-refractivity contribution in [2.24, 2.45) is 0 Å². The van der Waals surface area contributed by atoms with Gasteiger partial charge in [0.25, 0.3) is 5.91 Å². The van der Waals surface area contributed by atoms with Crippen LogP contribution in [0.25, 0.3) is 11.0 Å². The summed E-state index contributed by atoms with van der Waals surface area (Å²) in [5.74, 6) is 3.42. The minimum Gasteiger partial charge on any atom is -0.493 e. The third-order valence-electron chi connectivity index (χ3n) is 9.92. The Morgan fingerprint density at radius 2 is 1.62 bits per heavy atom. The average Bonchev–Trinajstić information content (AvgIpc) is 3.83. The van der Waals surface area contributed by atoms with Crippen molar-refractivity contribution in [1.82, 2.24) is 19.4 Å². The number of ether oxygens (including phenoxy) is 5. The SMILES string of the molecule is COc1ccc(C(CCN2CCC(Nc3nc4ccccc4n3Cc3ccoc3)CC2)CN(C)C(=O)c2cc(OC)c(OC)c(OC)c2)cc1OC. The molecule has 1 atom stereocenters. The molecule has 52 heavy (non-hydrogen) atoms. The topological polar surface area (TPSA) is 113 Å². The molecule has 2 aromatic heterocycles. The van der Waals surface area contributed by atoms with E-state index in [1.54, 1.807) is 65.1 Å². The lowest BCUT2D eigenvalue weighted by Crippen LogP contribution is -2.40. The van der Waals surface area contributed by atoms with Gasteiger partial charge in [-0.3, -0.25) is 4.79 Å². The normalized spacial score (nSPS) is 14.2. The number of hydrogen-bond acceptors (Lipinski definition) is 10. The number of para-hydroxylation sites is 2. The van der Waals surface area contributed by atoms with E-state index in [2.05, 4.69) is 39.0 Å². The molecule has 5 aromatic rings. The second-order valence-corrected chi connectivity index (χ2v) is 13.1. The summed E-state index contributed by atoms with van der Waals surface area (Å²) in [4.78, 5) is 23.1. The molecule has 1 fully saturated rings. The van der Waals surface area contributed by atoms with Crippen molar-refractivity contribution < 1.29 is 32.9 Å². The number of likely N-dealkylation sites (tertiary alicyclic amines) is 1. The number of likely N-dealkylation sites (N-methyl/N-ethyl adjacent to an activating group) is 1. The van der Waals surface area contributed by atoms with Crippen molar-refractivity contribution in [2.45, 2.75) is 37.8 Å². The zero-order valence-electron chi connectivity index (χ0n) is 30.9. The molecule has 1 aliphatic heterocycles. The predicted molar refractivity (Wildman–Crippen MR) is 201 cm³/mol. The largest absolute Gasteiger partial charge is 0.493 e. The van der Waals surface area contributed by atoms with Crippen molar-refractivity contribution in [3.05, 3.63) is 89.9 Å². The number of aromatic nitrogens is 2. The van der Waals surface area contributed by atoms with Gasteiger partial charge < -0.3 is 47.8 Å². The Hall–Kier alpha value is -5.36. The van der Waals surface area contributed by atoms with Crippen molar-refractivity contribution in [1.29, 1.82) is 0 Å². The van der Waals surface area contributed by atoms with Gasteiger partial charge in [-0.1, -0.05) is 18.2 Å². The van der Waals surface area contributed by atoms with Gasteiger partial charge in [0.2, 0.25) is 11.7 Å². The van der Waals surface area contributed by atoms with Crippen LogP contribution in [0, 0.1) is 0 Å². The summed E-state index contributed by atoms with van der Waals surface area (Å²) in [7, 11) is 9.73. The summed E-state index contributed by atoms with van der Waals surface area (Å²) in [6, 6.07) is 19.9. The first-order valence-corrected chi connectivity index (χ1v) is 17.6. The molecular formula is C40H49N5O7. The fourth-order valence-corrected chi connectivity index (χ4v) is 7.04. The molecule has 1 N–H and O–H groups in total. The molecule has 276 valence electrons. The minimum absolute atomic E-state index is 0.0365. The Bertz CT molecular complexity index is 1910. The molecule has 12 nitrogen and oxygen atoms in total. The van der Waals surface area contributed by atoms with Crippen LogP contribution in [0.3, 0.4) is 0 Å². The number of carbonyl (C=O) groups is 1. The number of piperidine rings is 1. The van der Waals surface area contributed by atoms with Gasteiger partial charge in [-0.05, 0) is 73.8 Å². The predicted octanol–water partition coefficient (Wildman–Crippen LogP) is 6.54. The van der Waals surface area contributed by atoms with Gasteiger partial charge in [-0.15, -0.1) is 0 Å². The molecule has 0 saturated carbocycles. The molecule has 1 amide bonds. The molecule has 0 spiro atoms. The van der Waals surface area contributed by atoms with Crippen molar-refractivity contribution in [2.75, 3.05) is 74.1 Å². The molecule has 1 saturated heterocycles. The lowest BCUT2D eigenvalue weighted by atomic mass is 9.93. The molecule has 1 aliphatic rings. The van der Waals surface area contributed by atoms with Crippen LogP contribution in [0.2, 0.25) is 0 Å². The van der Waals surface area contributed by atoms with E-state index in [-0.39, 0.29) is 11.8 Å². The first-order valence-electron chi connectivity index (χ1n) is 17.6.